The summed E-state index contributed by atoms with van der Waals surface area (Å²) in [6.07, 6.45) is 11.2. The lowest BCUT2D eigenvalue weighted by Crippen LogP contribution is -2.59. The zero-order chi connectivity index (χ0) is 21.5. The van der Waals surface area contributed by atoms with Gasteiger partial charge in [-0.05, 0) is 61.0 Å². The van der Waals surface area contributed by atoms with Crippen molar-refractivity contribution in [3.63, 3.8) is 0 Å². The van der Waals surface area contributed by atoms with Crippen molar-refractivity contribution in [2.45, 2.75) is 70.5 Å². The molecule has 7 atom stereocenters. The Balaban J connectivity index is 1.63. The maximum Gasteiger partial charge on any atom is 0.306 e. The summed E-state index contributed by atoms with van der Waals surface area (Å²) >= 11 is 0. The molecule has 5 rings (SSSR count). The van der Waals surface area contributed by atoms with E-state index in [0.717, 1.165) is 24.7 Å². The Labute approximate surface area is 178 Å². The van der Waals surface area contributed by atoms with E-state index < -0.39 is 21.8 Å². The number of ketones is 1. The van der Waals surface area contributed by atoms with Crippen LogP contribution in [0.1, 0.15) is 58.8 Å². The SMILES string of the molecule is CC12CCC(=O)C=C1C=CC1C2[C@H](OS(C)(=O)=O)CC2(C)C1CCC21CCC(=O)O1. The van der Waals surface area contributed by atoms with E-state index in [2.05, 4.69) is 26.0 Å². The standard InChI is InChI=1S/C23H30O6S/c1-21-9-6-15(24)12-14(21)4-5-16-17-7-10-23(11-8-19(25)28-23)22(17,2)13-18(20(16)21)29-30(3,26)27/h4-5,12,16-18,20H,6-11,13H2,1-3H3/t16?,17?,18-,20?,21?,22?,23?/m1/s1. The molecule has 164 valence electrons. The molecule has 0 aromatic carbocycles. The van der Waals surface area contributed by atoms with Gasteiger partial charge >= 0.3 is 5.97 Å². The van der Waals surface area contributed by atoms with Gasteiger partial charge in [0.05, 0.1) is 12.4 Å². The highest BCUT2D eigenvalue weighted by Gasteiger charge is 2.69. The van der Waals surface area contributed by atoms with Gasteiger partial charge in [-0.25, -0.2) is 0 Å². The number of carbonyl (C=O) groups excluding carboxylic acids is 2. The van der Waals surface area contributed by atoms with Crippen molar-refractivity contribution in [1.29, 1.82) is 0 Å². The minimum Gasteiger partial charge on any atom is -0.458 e. The predicted molar refractivity (Wildman–Crippen MR) is 110 cm³/mol. The first-order valence-electron chi connectivity index (χ1n) is 11.0. The van der Waals surface area contributed by atoms with E-state index in [4.69, 9.17) is 8.92 Å². The van der Waals surface area contributed by atoms with Crippen LogP contribution >= 0.6 is 0 Å². The summed E-state index contributed by atoms with van der Waals surface area (Å²) in [5.74, 6) is 0.373. The van der Waals surface area contributed by atoms with Gasteiger partial charge in [0.2, 0.25) is 0 Å². The minimum absolute atomic E-state index is 0.0260. The van der Waals surface area contributed by atoms with Crippen LogP contribution in [0.3, 0.4) is 0 Å². The van der Waals surface area contributed by atoms with Crippen LogP contribution in [0.4, 0.5) is 0 Å². The van der Waals surface area contributed by atoms with Crippen molar-refractivity contribution >= 4 is 21.9 Å². The predicted octanol–water partition coefficient (Wildman–Crippen LogP) is 3.32. The van der Waals surface area contributed by atoms with Gasteiger partial charge in [0.1, 0.15) is 5.60 Å². The van der Waals surface area contributed by atoms with Crippen molar-refractivity contribution in [3.8, 4) is 0 Å². The molecule has 7 heteroatoms. The summed E-state index contributed by atoms with van der Waals surface area (Å²) in [6, 6.07) is 0. The number of hydrogen-bond donors (Lipinski definition) is 0. The molecular weight excluding hydrogens is 404 g/mol. The van der Waals surface area contributed by atoms with E-state index in [9.17, 15) is 18.0 Å². The molecule has 0 amide bonds. The molecule has 4 aliphatic carbocycles. The van der Waals surface area contributed by atoms with Crippen LogP contribution in [0, 0.1) is 28.6 Å². The van der Waals surface area contributed by atoms with Crippen LogP contribution in [-0.4, -0.2) is 38.1 Å². The van der Waals surface area contributed by atoms with Gasteiger partial charge in [-0.2, -0.15) is 8.42 Å². The molecule has 1 spiro atoms. The monoisotopic (exact) mass is 434 g/mol. The number of rotatable bonds is 2. The molecule has 0 radical (unpaired) electrons. The zero-order valence-electron chi connectivity index (χ0n) is 17.8. The molecule has 0 N–H and O–H groups in total. The first kappa shape index (κ1) is 20.4. The molecule has 3 fully saturated rings. The summed E-state index contributed by atoms with van der Waals surface area (Å²) in [5.41, 5.74) is -0.161. The van der Waals surface area contributed by atoms with Crippen LogP contribution in [-0.2, 0) is 28.6 Å². The van der Waals surface area contributed by atoms with Gasteiger partial charge in [0.15, 0.2) is 5.78 Å². The molecule has 30 heavy (non-hydrogen) atoms. The van der Waals surface area contributed by atoms with Crippen LogP contribution in [0.5, 0.6) is 0 Å². The number of hydrogen-bond acceptors (Lipinski definition) is 6. The normalized spacial score (nSPS) is 47.5. The Morgan fingerprint density at radius 3 is 2.57 bits per heavy atom. The van der Waals surface area contributed by atoms with Crippen molar-refractivity contribution in [2.75, 3.05) is 6.26 Å². The maximum atomic E-state index is 12.3. The highest BCUT2D eigenvalue weighted by Crippen LogP contribution is 2.69. The van der Waals surface area contributed by atoms with E-state index in [-0.39, 0.29) is 34.4 Å². The third kappa shape index (κ3) is 2.73. The zero-order valence-corrected chi connectivity index (χ0v) is 18.7. The number of allylic oxidation sites excluding steroid dienone is 4. The molecule has 1 aliphatic heterocycles. The summed E-state index contributed by atoms with van der Waals surface area (Å²) < 4.78 is 36.3. The molecule has 0 bridgehead atoms. The number of fused-ring (bicyclic) bond motifs is 6. The van der Waals surface area contributed by atoms with E-state index >= 15 is 0 Å². The molecule has 6 nitrogen and oxygen atoms in total. The van der Waals surface area contributed by atoms with Gasteiger partial charge in [-0.15, -0.1) is 0 Å². The Morgan fingerprint density at radius 2 is 1.90 bits per heavy atom. The molecule has 6 unspecified atom stereocenters. The van der Waals surface area contributed by atoms with E-state index in [1.54, 1.807) is 6.08 Å². The smallest absolute Gasteiger partial charge is 0.306 e. The Morgan fingerprint density at radius 1 is 1.13 bits per heavy atom. The topological polar surface area (TPSA) is 86.7 Å². The third-order valence-corrected chi connectivity index (χ3v) is 9.66. The minimum atomic E-state index is -3.67. The molecule has 1 saturated heterocycles. The maximum absolute atomic E-state index is 12.3. The average molecular weight is 435 g/mol. The van der Waals surface area contributed by atoms with Crippen molar-refractivity contribution < 1.29 is 26.9 Å². The summed E-state index contributed by atoms with van der Waals surface area (Å²) in [6.45, 7) is 4.33. The van der Waals surface area contributed by atoms with Gasteiger partial charge < -0.3 is 4.74 Å². The first-order chi connectivity index (χ1) is 14.0. The molecule has 1 heterocycles. The lowest BCUT2D eigenvalue weighted by Gasteiger charge is -2.59. The summed E-state index contributed by atoms with van der Waals surface area (Å²) in [7, 11) is -3.67. The van der Waals surface area contributed by atoms with E-state index in [1.807, 2.05) is 0 Å². The highest BCUT2D eigenvalue weighted by atomic mass is 32.2. The van der Waals surface area contributed by atoms with Gasteiger partial charge in [-0.3, -0.25) is 13.8 Å². The van der Waals surface area contributed by atoms with Crippen LogP contribution in [0.25, 0.3) is 0 Å². The summed E-state index contributed by atoms with van der Waals surface area (Å²) in [4.78, 5) is 24.2. The quantitative estimate of drug-likeness (QED) is 0.489. The van der Waals surface area contributed by atoms with Crippen LogP contribution in [0.15, 0.2) is 23.8 Å². The first-order valence-corrected chi connectivity index (χ1v) is 12.8. The van der Waals surface area contributed by atoms with Gasteiger partial charge in [0, 0.05) is 24.2 Å². The molecule has 0 aromatic heterocycles. The highest BCUT2D eigenvalue weighted by molar-refractivity contribution is 7.86. The second-order valence-corrected chi connectivity index (χ2v) is 12.1. The lowest BCUT2D eigenvalue weighted by molar-refractivity contribution is -0.174. The number of ether oxygens (including phenoxy) is 1. The molecular formula is C23H30O6S. The molecule has 5 aliphatic rings. The molecule has 0 aromatic rings. The van der Waals surface area contributed by atoms with Gasteiger partial charge in [-0.1, -0.05) is 26.0 Å². The van der Waals surface area contributed by atoms with Crippen molar-refractivity contribution in [1.82, 2.24) is 0 Å². The Kier molecular flexibility index (Phi) is 4.28. The van der Waals surface area contributed by atoms with Crippen LogP contribution < -0.4 is 0 Å². The fourth-order valence-electron chi connectivity index (χ4n) is 7.69. The Bertz CT molecular complexity index is 980. The number of carbonyl (C=O) groups is 2. The number of esters is 1. The molecule has 2 saturated carbocycles. The van der Waals surface area contributed by atoms with E-state index in [0.29, 0.717) is 38.0 Å². The largest absolute Gasteiger partial charge is 0.458 e. The van der Waals surface area contributed by atoms with Crippen LogP contribution in [0.2, 0.25) is 0 Å². The van der Waals surface area contributed by atoms with Gasteiger partial charge in [0.25, 0.3) is 10.1 Å². The third-order valence-electron chi connectivity index (χ3n) is 9.06. The van der Waals surface area contributed by atoms with Crippen molar-refractivity contribution in [2.24, 2.45) is 28.6 Å². The fraction of sp³-hybridized carbons (Fsp3) is 0.739. The van der Waals surface area contributed by atoms with Crippen molar-refractivity contribution in [3.05, 3.63) is 23.8 Å². The average Bonchev–Trinajstić information content (AvgIpc) is 3.15. The lowest BCUT2D eigenvalue weighted by atomic mass is 9.47. The second kappa shape index (κ2) is 6.28. The summed E-state index contributed by atoms with van der Waals surface area (Å²) in [5, 5.41) is 0. The fourth-order valence-corrected chi connectivity index (χ4v) is 8.32. The van der Waals surface area contributed by atoms with E-state index in [1.165, 1.54) is 0 Å². The Hall–Kier alpha value is -1.47. The second-order valence-electron chi connectivity index (χ2n) is 10.5.